The van der Waals surface area contributed by atoms with Crippen molar-refractivity contribution < 1.29 is 22.8 Å². The van der Waals surface area contributed by atoms with E-state index in [-0.39, 0.29) is 5.69 Å². The summed E-state index contributed by atoms with van der Waals surface area (Å²) in [6.07, 6.45) is -0.921. The SMILES string of the molecule is Cn1c(C(OP(=O)(N2CC2)N2CC2)C(C)(F)F)cnc1[N+](=O)[O-]. The molecule has 2 saturated heterocycles. The van der Waals surface area contributed by atoms with E-state index in [0.29, 0.717) is 33.1 Å². The molecule has 12 heteroatoms. The molecular weight excluding hydrogens is 335 g/mol. The Morgan fingerprint density at radius 2 is 1.91 bits per heavy atom. The van der Waals surface area contributed by atoms with Crippen molar-refractivity contribution in [2.24, 2.45) is 7.05 Å². The highest BCUT2D eigenvalue weighted by atomic mass is 31.2. The molecular formula is C11H16F2N5O4P. The topological polar surface area (TPSA) is 93.3 Å². The molecule has 0 aromatic carbocycles. The summed E-state index contributed by atoms with van der Waals surface area (Å²) >= 11 is 0. The van der Waals surface area contributed by atoms with Crippen molar-refractivity contribution in [3.05, 3.63) is 22.0 Å². The van der Waals surface area contributed by atoms with Crippen molar-refractivity contribution in [1.29, 1.82) is 0 Å². The molecule has 0 radical (unpaired) electrons. The van der Waals surface area contributed by atoms with Crippen molar-refractivity contribution in [3.8, 4) is 0 Å². The molecule has 0 N–H and O–H groups in total. The van der Waals surface area contributed by atoms with Gasteiger partial charge in [-0.2, -0.15) is 0 Å². The number of nitrogens with zero attached hydrogens (tertiary/aromatic N) is 5. The van der Waals surface area contributed by atoms with Crippen LogP contribution in [0.25, 0.3) is 0 Å². The van der Waals surface area contributed by atoms with Gasteiger partial charge >= 0.3 is 13.6 Å². The largest absolute Gasteiger partial charge is 0.434 e. The summed E-state index contributed by atoms with van der Waals surface area (Å²) in [4.78, 5) is 13.6. The van der Waals surface area contributed by atoms with Gasteiger partial charge in [0.25, 0.3) is 5.92 Å². The van der Waals surface area contributed by atoms with E-state index in [2.05, 4.69) is 4.98 Å². The Balaban J connectivity index is 1.96. The van der Waals surface area contributed by atoms with E-state index >= 15 is 0 Å². The lowest BCUT2D eigenvalue weighted by atomic mass is 10.1. The number of halogens is 2. The van der Waals surface area contributed by atoms with Gasteiger partial charge in [0.2, 0.25) is 0 Å². The Kier molecular flexibility index (Phi) is 3.79. The molecule has 0 bridgehead atoms. The maximum atomic E-state index is 14.1. The molecule has 2 fully saturated rings. The first-order valence-corrected chi connectivity index (χ1v) is 8.51. The normalized spacial score (nSPS) is 20.5. The molecule has 3 heterocycles. The van der Waals surface area contributed by atoms with Crippen LogP contribution in [0.1, 0.15) is 18.7 Å². The number of aromatic nitrogens is 2. The Bertz CT molecular complexity index is 666. The molecule has 3 rings (SSSR count). The van der Waals surface area contributed by atoms with Gasteiger partial charge in [-0.1, -0.05) is 4.98 Å². The average Bonchev–Trinajstić information content (AvgIpc) is 3.32. The Morgan fingerprint density at radius 3 is 2.26 bits per heavy atom. The third-order valence-corrected chi connectivity index (χ3v) is 6.41. The fraction of sp³-hybridized carbons (Fsp3) is 0.727. The van der Waals surface area contributed by atoms with Crippen molar-refractivity contribution >= 4 is 13.6 Å². The maximum Gasteiger partial charge on any atom is 0.434 e. The van der Waals surface area contributed by atoms with Crippen LogP contribution in [-0.4, -0.2) is 55.9 Å². The molecule has 9 nitrogen and oxygen atoms in total. The standard InChI is InChI=1S/C11H16F2N5O4P/c1-11(12,13)9(8-7-14-10(15(8)2)18(19)20)22-23(21,16-3-4-16)17-5-6-17/h7,9H,3-6H2,1-2H3. The highest BCUT2D eigenvalue weighted by Crippen LogP contribution is 2.64. The third kappa shape index (κ3) is 3.01. The van der Waals surface area contributed by atoms with Gasteiger partial charge in [-0.3, -0.25) is 9.09 Å². The van der Waals surface area contributed by atoms with E-state index in [9.17, 15) is 23.5 Å². The van der Waals surface area contributed by atoms with Crippen LogP contribution in [0.4, 0.5) is 14.7 Å². The minimum Gasteiger partial charge on any atom is -0.390 e. The van der Waals surface area contributed by atoms with Gasteiger partial charge in [-0.25, -0.2) is 22.7 Å². The fourth-order valence-corrected chi connectivity index (χ4v) is 4.66. The lowest BCUT2D eigenvalue weighted by molar-refractivity contribution is -0.396. The quantitative estimate of drug-likeness (QED) is 0.320. The summed E-state index contributed by atoms with van der Waals surface area (Å²) in [5, 5.41) is 10.9. The second-order valence-corrected chi connectivity index (χ2v) is 7.96. The van der Waals surface area contributed by atoms with Gasteiger partial charge in [0.15, 0.2) is 6.10 Å². The summed E-state index contributed by atoms with van der Waals surface area (Å²) in [6, 6.07) is 0. The van der Waals surface area contributed by atoms with Crippen molar-refractivity contribution in [2.45, 2.75) is 19.0 Å². The lowest BCUT2D eigenvalue weighted by Gasteiger charge is -2.28. The zero-order chi connectivity index (χ0) is 17.0. The van der Waals surface area contributed by atoms with Crippen LogP contribution >= 0.6 is 7.67 Å². The number of imidazole rings is 1. The molecule has 1 aromatic rings. The monoisotopic (exact) mass is 351 g/mol. The Hall–Kier alpha value is -1.42. The second kappa shape index (κ2) is 5.30. The van der Waals surface area contributed by atoms with Crippen LogP contribution in [0.15, 0.2) is 6.20 Å². The van der Waals surface area contributed by atoms with Crippen LogP contribution in [-0.2, 0) is 16.1 Å². The predicted octanol–water partition coefficient (Wildman–Crippen LogP) is 1.78. The predicted molar refractivity (Wildman–Crippen MR) is 75.1 cm³/mol. The molecule has 128 valence electrons. The molecule has 0 spiro atoms. The number of alkyl halides is 2. The van der Waals surface area contributed by atoms with Gasteiger partial charge < -0.3 is 10.1 Å². The van der Waals surface area contributed by atoms with E-state index in [0.717, 1.165) is 10.8 Å². The summed E-state index contributed by atoms with van der Waals surface area (Å²) in [5.41, 5.74) is -0.187. The van der Waals surface area contributed by atoms with Crippen molar-refractivity contribution in [2.75, 3.05) is 26.2 Å². The molecule has 0 saturated carbocycles. The van der Waals surface area contributed by atoms with Gasteiger partial charge in [-0.15, -0.1) is 0 Å². The van der Waals surface area contributed by atoms with Crippen molar-refractivity contribution in [1.82, 2.24) is 18.9 Å². The zero-order valence-corrected chi connectivity index (χ0v) is 13.4. The average molecular weight is 351 g/mol. The van der Waals surface area contributed by atoms with E-state index < -0.39 is 30.6 Å². The molecule has 0 aliphatic carbocycles. The summed E-state index contributed by atoms with van der Waals surface area (Å²) < 4.78 is 50.4. The van der Waals surface area contributed by atoms with Crippen LogP contribution in [0.2, 0.25) is 0 Å². The van der Waals surface area contributed by atoms with Crippen LogP contribution in [0.3, 0.4) is 0 Å². The van der Waals surface area contributed by atoms with Gasteiger partial charge in [-0.05, 0) is 4.92 Å². The molecule has 1 unspecified atom stereocenters. The van der Waals surface area contributed by atoms with Crippen molar-refractivity contribution in [3.63, 3.8) is 0 Å². The van der Waals surface area contributed by atoms with Crippen LogP contribution in [0, 0.1) is 10.1 Å². The minimum absolute atomic E-state index is 0.187. The number of rotatable bonds is 7. The first-order chi connectivity index (χ1) is 10.6. The second-order valence-electron chi connectivity index (χ2n) is 5.64. The number of nitro groups is 1. The number of hydrogen-bond donors (Lipinski definition) is 0. The maximum absolute atomic E-state index is 14.1. The molecule has 23 heavy (non-hydrogen) atoms. The van der Waals surface area contributed by atoms with Gasteiger partial charge in [0, 0.05) is 33.1 Å². The third-order valence-electron chi connectivity index (χ3n) is 3.70. The molecule has 0 amide bonds. The molecule has 1 aromatic heterocycles. The summed E-state index contributed by atoms with van der Waals surface area (Å²) in [7, 11) is -2.27. The van der Waals surface area contributed by atoms with Crippen LogP contribution in [0.5, 0.6) is 0 Å². The van der Waals surface area contributed by atoms with E-state index in [4.69, 9.17) is 4.52 Å². The minimum atomic E-state index is -3.52. The smallest absolute Gasteiger partial charge is 0.390 e. The van der Waals surface area contributed by atoms with E-state index in [1.165, 1.54) is 16.4 Å². The number of hydrogen-bond acceptors (Lipinski definition) is 5. The Morgan fingerprint density at radius 1 is 1.39 bits per heavy atom. The lowest BCUT2D eigenvalue weighted by Crippen LogP contribution is -2.28. The zero-order valence-electron chi connectivity index (χ0n) is 12.6. The van der Waals surface area contributed by atoms with E-state index in [1.807, 2.05) is 0 Å². The molecule has 2 aliphatic rings. The fourth-order valence-electron chi connectivity index (χ4n) is 2.28. The summed E-state index contributed by atoms with van der Waals surface area (Å²) in [5.74, 6) is -3.96. The van der Waals surface area contributed by atoms with E-state index in [1.54, 1.807) is 0 Å². The first kappa shape index (κ1) is 16.4. The summed E-state index contributed by atoms with van der Waals surface area (Å²) in [6.45, 7) is 2.69. The first-order valence-electron chi connectivity index (χ1n) is 6.97. The Labute approximate surface area is 130 Å². The molecule has 1 atom stereocenters. The molecule has 2 aliphatic heterocycles. The highest BCUT2D eigenvalue weighted by molar-refractivity contribution is 7.54. The highest BCUT2D eigenvalue weighted by Gasteiger charge is 2.55. The van der Waals surface area contributed by atoms with Crippen LogP contribution < -0.4 is 0 Å². The van der Waals surface area contributed by atoms with Gasteiger partial charge in [0.05, 0.1) is 7.05 Å². The van der Waals surface area contributed by atoms with Gasteiger partial charge in [0.1, 0.15) is 11.9 Å².